The van der Waals surface area contributed by atoms with Gasteiger partial charge >= 0.3 is 0 Å². The van der Waals surface area contributed by atoms with Gasteiger partial charge in [0.05, 0.1) is 6.04 Å². The fourth-order valence-electron chi connectivity index (χ4n) is 2.47. The number of carbonyl (C=O) groups is 1. The van der Waals surface area contributed by atoms with Gasteiger partial charge in [-0.3, -0.25) is 4.79 Å². The molecule has 1 aliphatic heterocycles. The Morgan fingerprint density at radius 2 is 2.28 bits per heavy atom. The van der Waals surface area contributed by atoms with E-state index in [0.29, 0.717) is 5.02 Å². The lowest BCUT2D eigenvalue weighted by Crippen LogP contribution is -2.51. The SMILES string of the molecule is CCNC1CCCN(c2ccc(Cl)cc2C)C1=O. The van der Waals surface area contributed by atoms with Crippen LogP contribution >= 0.6 is 11.6 Å². The molecule has 1 fully saturated rings. The zero-order valence-electron chi connectivity index (χ0n) is 10.9. The summed E-state index contributed by atoms with van der Waals surface area (Å²) >= 11 is 5.95. The van der Waals surface area contributed by atoms with Gasteiger partial charge in [-0.15, -0.1) is 0 Å². The van der Waals surface area contributed by atoms with E-state index < -0.39 is 0 Å². The monoisotopic (exact) mass is 266 g/mol. The molecule has 0 aliphatic carbocycles. The van der Waals surface area contributed by atoms with Gasteiger partial charge in [0.1, 0.15) is 0 Å². The maximum Gasteiger partial charge on any atom is 0.244 e. The molecule has 1 atom stereocenters. The van der Waals surface area contributed by atoms with Gasteiger partial charge in [0.2, 0.25) is 5.91 Å². The third kappa shape index (κ3) is 2.68. The minimum Gasteiger partial charge on any atom is -0.311 e. The Hall–Kier alpha value is -1.06. The van der Waals surface area contributed by atoms with Gasteiger partial charge in [-0.05, 0) is 50.1 Å². The topological polar surface area (TPSA) is 32.3 Å². The molecule has 0 saturated carbocycles. The summed E-state index contributed by atoms with van der Waals surface area (Å²) in [6.07, 6.45) is 1.96. The molecule has 1 amide bonds. The number of anilines is 1. The van der Waals surface area contributed by atoms with Crippen LogP contribution in [-0.4, -0.2) is 25.0 Å². The van der Waals surface area contributed by atoms with Crippen LogP contribution in [-0.2, 0) is 4.79 Å². The minimum atomic E-state index is -0.0428. The summed E-state index contributed by atoms with van der Waals surface area (Å²) in [6.45, 7) is 5.64. The predicted octanol–water partition coefficient (Wildman–Crippen LogP) is 2.75. The van der Waals surface area contributed by atoms with Crippen molar-refractivity contribution in [3.8, 4) is 0 Å². The van der Waals surface area contributed by atoms with Crippen LogP contribution in [0.1, 0.15) is 25.3 Å². The van der Waals surface area contributed by atoms with Crippen LogP contribution < -0.4 is 10.2 Å². The quantitative estimate of drug-likeness (QED) is 0.912. The van der Waals surface area contributed by atoms with Crippen molar-refractivity contribution in [2.24, 2.45) is 0 Å². The average Bonchev–Trinajstić information content (AvgIpc) is 2.33. The van der Waals surface area contributed by atoms with Crippen molar-refractivity contribution in [1.29, 1.82) is 0 Å². The van der Waals surface area contributed by atoms with Gasteiger partial charge in [0, 0.05) is 17.3 Å². The third-order valence-electron chi connectivity index (χ3n) is 3.34. The molecule has 1 aliphatic rings. The summed E-state index contributed by atoms with van der Waals surface area (Å²) in [7, 11) is 0. The van der Waals surface area contributed by atoms with E-state index >= 15 is 0 Å². The molecular weight excluding hydrogens is 248 g/mol. The number of benzene rings is 1. The number of nitrogens with zero attached hydrogens (tertiary/aromatic N) is 1. The summed E-state index contributed by atoms with van der Waals surface area (Å²) < 4.78 is 0. The van der Waals surface area contributed by atoms with Crippen LogP contribution in [0.2, 0.25) is 5.02 Å². The maximum atomic E-state index is 12.4. The van der Waals surface area contributed by atoms with Crippen LogP contribution in [0.4, 0.5) is 5.69 Å². The number of nitrogens with one attached hydrogen (secondary N) is 1. The zero-order chi connectivity index (χ0) is 13.1. The van der Waals surface area contributed by atoms with Crippen LogP contribution in [0.5, 0.6) is 0 Å². The molecule has 3 nitrogen and oxygen atoms in total. The Labute approximate surface area is 113 Å². The molecule has 4 heteroatoms. The molecule has 1 aromatic carbocycles. The Bertz CT molecular complexity index is 445. The smallest absolute Gasteiger partial charge is 0.244 e. The van der Waals surface area contributed by atoms with Crippen molar-refractivity contribution in [2.75, 3.05) is 18.0 Å². The highest BCUT2D eigenvalue weighted by atomic mass is 35.5. The second-order valence-corrected chi connectivity index (χ2v) is 5.11. The van der Waals surface area contributed by atoms with Crippen molar-refractivity contribution >= 4 is 23.2 Å². The minimum absolute atomic E-state index is 0.0428. The summed E-state index contributed by atoms with van der Waals surface area (Å²) in [4.78, 5) is 14.3. The Kier molecular flexibility index (Phi) is 4.25. The number of carbonyl (C=O) groups excluding carboxylic acids is 1. The van der Waals surface area contributed by atoms with Crippen LogP contribution in [0.3, 0.4) is 0 Å². The summed E-state index contributed by atoms with van der Waals surface area (Å²) in [5.41, 5.74) is 2.03. The van der Waals surface area contributed by atoms with E-state index in [1.165, 1.54) is 0 Å². The van der Waals surface area contributed by atoms with Crippen LogP contribution in [0.15, 0.2) is 18.2 Å². The third-order valence-corrected chi connectivity index (χ3v) is 3.57. The van der Waals surface area contributed by atoms with E-state index in [1.54, 1.807) is 0 Å². The number of hydrogen-bond donors (Lipinski definition) is 1. The number of piperidine rings is 1. The molecule has 0 spiro atoms. The lowest BCUT2D eigenvalue weighted by Gasteiger charge is -2.33. The normalized spacial score (nSPS) is 20.3. The summed E-state index contributed by atoms with van der Waals surface area (Å²) in [5.74, 6) is 0.175. The van der Waals surface area contributed by atoms with Crippen LogP contribution in [0.25, 0.3) is 0 Å². The second kappa shape index (κ2) is 5.72. The average molecular weight is 267 g/mol. The summed E-state index contributed by atoms with van der Waals surface area (Å²) in [5, 5.41) is 3.96. The van der Waals surface area contributed by atoms with E-state index in [2.05, 4.69) is 5.32 Å². The molecule has 1 N–H and O–H groups in total. The lowest BCUT2D eigenvalue weighted by molar-refractivity contribution is -0.121. The zero-order valence-corrected chi connectivity index (χ0v) is 11.6. The van der Waals surface area contributed by atoms with Gasteiger partial charge in [-0.2, -0.15) is 0 Å². The van der Waals surface area contributed by atoms with Gasteiger partial charge < -0.3 is 10.2 Å². The van der Waals surface area contributed by atoms with Crippen LogP contribution in [0, 0.1) is 6.92 Å². The highest BCUT2D eigenvalue weighted by Gasteiger charge is 2.29. The van der Waals surface area contributed by atoms with E-state index in [0.717, 1.165) is 37.2 Å². The number of halogens is 1. The van der Waals surface area contributed by atoms with Crippen molar-refractivity contribution in [3.63, 3.8) is 0 Å². The molecule has 1 unspecified atom stereocenters. The highest BCUT2D eigenvalue weighted by Crippen LogP contribution is 2.27. The van der Waals surface area contributed by atoms with E-state index in [-0.39, 0.29) is 11.9 Å². The van der Waals surface area contributed by atoms with Crippen molar-refractivity contribution in [2.45, 2.75) is 32.7 Å². The molecule has 1 saturated heterocycles. The maximum absolute atomic E-state index is 12.4. The van der Waals surface area contributed by atoms with Crippen molar-refractivity contribution < 1.29 is 4.79 Å². The van der Waals surface area contributed by atoms with E-state index in [1.807, 2.05) is 36.9 Å². The number of aryl methyl sites for hydroxylation is 1. The fraction of sp³-hybridized carbons (Fsp3) is 0.500. The van der Waals surface area contributed by atoms with Crippen molar-refractivity contribution in [1.82, 2.24) is 5.32 Å². The molecule has 18 heavy (non-hydrogen) atoms. The Morgan fingerprint density at radius 1 is 1.50 bits per heavy atom. The number of amides is 1. The van der Waals surface area contributed by atoms with E-state index in [9.17, 15) is 4.79 Å². The molecule has 0 radical (unpaired) electrons. The second-order valence-electron chi connectivity index (χ2n) is 4.67. The summed E-state index contributed by atoms with van der Waals surface area (Å²) in [6, 6.07) is 5.64. The van der Waals surface area contributed by atoms with Crippen molar-refractivity contribution in [3.05, 3.63) is 28.8 Å². The lowest BCUT2D eigenvalue weighted by atomic mass is 10.0. The molecule has 98 valence electrons. The van der Waals surface area contributed by atoms with Gasteiger partial charge in [0.25, 0.3) is 0 Å². The Balaban J connectivity index is 2.24. The molecule has 2 rings (SSSR count). The largest absolute Gasteiger partial charge is 0.311 e. The molecule has 1 heterocycles. The molecule has 1 aromatic rings. The van der Waals surface area contributed by atoms with Gasteiger partial charge in [-0.25, -0.2) is 0 Å². The highest BCUT2D eigenvalue weighted by molar-refractivity contribution is 6.30. The first-order chi connectivity index (χ1) is 8.63. The van der Waals surface area contributed by atoms with Gasteiger partial charge in [-0.1, -0.05) is 18.5 Å². The predicted molar refractivity (Wildman–Crippen MR) is 75.2 cm³/mol. The number of rotatable bonds is 3. The first-order valence-corrected chi connectivity index (χ1v) is 6.82. The number of likely N-dealkylation sites (N-methyl/N-ethyl adjacent to an activating group) is 1. The first kappa shape index (κ1) is 13.4. The first-order valence-electron chi connectivity index (χ1n) is 6.44. The molecule has 0 bridgehead atoms. The van der Waals surface area contributed by atoms with Gasteiger partial charge in [0.15, 0.2) is 0 Å². The van der Waals surface area contributed by atoms with E-state index in [4.69, 9.17) is 11.6 Å². The standard InChI is InChI=1S/C14H19ClN2O/c1-3-16-12-5-4-8-17(14(12)18)13-7-6-11(15)9-10(13)2/h6-7,9,12,16H,3-5,8H2,1-2H3. The molecular formula is C14H19ClN2O. The molecule has 0 aromatic heterocycles. The number of hydrogen-bond acceptors (Lipinski definition) is 2. The Morgan fingerprint density at radius 3 is 2.94 bits per heavy atom. The fourth-order valence-corrected chi connectivity index (χ4v) is 2.70.